The second kappa shape index (κ2) is 6.57. The zero-order chi connectivity index (χ0) is 20.1. The van der Waals surface area contributed by atoms with Crippen LogP contribution in [0.3, 0.4) is 0 Å². The molecule has 1 aliphatic carbocycles. The molecule has 28 heavy (non-hydrogen) atoms. The molecule has 1 spiro atoms. The fraction of sp³-hybridized carbons (Fsp3) is 0.286. The third kappa shape index (κ3) is 2.49. The molecule has 0 radical (unpaired) electrons. The molecule has 2 aliphatic rings. The van der Waals surface area contributed by atoms with Gasteiger partial charge in [-0.05, 0) is 68.2 Å². The Kier molecular flexibility index (Phi) is 4.31. The molecule has 1 amide bonds. The van der Waals surface area contributed by atoms with Gasteiger partial charge in [0.15, 0.2) is 5.11 Å². The lowest BCUT2D eigenvalue weighted by atomic mass is 9.75. The van der Waals surface area contributed by atoms with Crippen LogP contribution in [0.4, 0.5) is 15.8 Å². The fourth-order valence-electron chi connectivity index (χ4n) is 3.84. The number of carbonyl (C=O) groups excluding carboxylic acids is 1. The number of amides is 1. The first-order chi connectivity index (χ1) is 13.4. The number of rotatable bonds is 3. The van der Waals surface area contributed by atoms with Crippen LogP contribution in [0, 0.1) is 24.1 Å². The topological polar surface area (TPSA) is 56.6 Å². The maximum Gasteiger partial charge on any atom is 0.259 e. The highest BCUT2D eigenvalue weighted by molar-refractivity contribution is 7.81. The van der Waals surface area contributed by atoms with Crippen molar-refractivity contribution in [2.75, 3.05) is 16.9 Å². The van der Waals surface area contributed by atoms with Gasteiger partial charge in [-0.3, -0.25) is 9.69 Å². The van der Waals surface area contributed by atoms with E-state index in [-0.39, 0.29) is 11.7 Å². The Hall–Kier alpha value is -2.98. The van der Waals surface area contributed by atoms with E-state index in [4.69, 9.17) is 17.0 Å². The number of aryl methyl sites for hydroxylation is 1. The molecule has 7 heteroatoms. The van der Waals surface area contributed by atoms with E-state index in [0.717, 1.165) is 6.42 Å². The number of methoxy groups -OCH3 is 1. The molecule has 1 saturated heterocycles. The van der Waals surface area contributed by atoms with Crippen molar-refractivity contribution in [3.8, 4) is 11.8 Å². The number of ether oxygens (including phenoxy) is 1. The molecule has 1 saturated carbocycles. The van der Waals surface area contributed by atoms with Gasteiger partial charge in [-0.25, -0.2) is 4.39 Å². The summed E-state index contributed by atoms with van der Waals surface area (Å²) in [5, 5.41) is 9.50. The number of anilines is 2. The summed E-state index contributed by atoms with van der Waals surface area (Å²) in [4.78, 5) is 16.7. The van der Waals surface area contributed by atoms with Crippen LogP contribution in [0.2, 0.25) is 0 Å². The highest BCUT2D eigenvalue weighted by Crippen LogP contribution is 2.48. The molecule has 2 aromatic rings. The summed E-state index contributed by atoms with van der Waals surface area (Å²) in [7, 11) is 1.47. The van der Waals surface area contributed by atoms with Crippen LogP contribution >= 0.6 is 12.2 Å². The molecule has 5 nitrogen and oxygen atoms in total. The van der Waals surface area contributed by atoms with Crippen molar-refractivity contribution in [2.45, 2.75) is 31.7 Å². The van der Waals surface area contributed by atoms with E-state index in [1.165, 1.54) is 18.1 Å². The molecular weight excluding hydrogens is 377 g/mol. The smallest absolute Gasteiger partial charge is 0.259 e. The Labute approximate surface area is 167 Å². The number of halogens is 1. The highest BCUT2D eigenvalue weighted by atomic mass is 32.1. The molecule has 1 heterocycles. The first-order valence-corrected chi connectivity index (χ1v) is 9.37. The Balaban J connectivity index is 1.81. The van der Waals surface area contributed by atoms with Crippen molar-refractivity contribution >= 4 is 34.6 Å². The lowest BCUT2D eigenvalue weighted by Gasteiger charge is -2.43. The molecule has 2 fully saturated rings. The Morgan fingerprint density at radius 3 is 2.50 bits per heavy atom. The van der Waals surface area contributed by atoms with Crippen LogP contribution < -0.4 is 14.5 Å². The molecule has 0 N–H and O–H groups in total. The lowest BCUT2D eigenvalue weighted by Crippen LogP contribution is -2.55. The molecule has 0 bridgehead atoms. The summed E-state index contributed by atoms with van der Waals surface area (Å²) in [5.41, 5.74) is 1.24. The van der Waals surface area contributed by atoms with Crippen LogP contribution in [0.25, 0.3) is 0 Å². The zero-order valence-corrected chi connectivity index (χ0v) is 16.3. The number of nitriles is 1. The van der Waals surface area contributed by atoms with Crippen molar-refractivity contribution in [1.82, 2.24) is 0 Å². The van der Waals surface area contributed by atoms with Crippen molar-refractivity contribution in [3.63, 3.8) is 0 Å². The summed E-state index contributed by atoms with van der Waals surface area (Å²) in [6, 6.07) is 11.9. The number of hydrogen-bond donors (Lipinski definition) is 0. The number of nitrogens with zero attached hydrogens (tertiary/aromatic N) is 3. The highest BCUT2D eigenvalue weighted by Gasteiger charge is 2.59. The monoisotopic (exact) mass is 395 g/mol. The van der Waals surface area contributed by atoms with Gasteiger partial charge in [-0.2, -0.15) is 5.26 Å². The fourth-order valence-corrected chi connectivity index (χ4v) is 4.31. The molecule has 0 atom stereocenters. The van der Waals surface area contributed by atoms with E-state index in [1.54, 1.807) is 42.2 Å². The van der Waals surface area contributed by atoms with Crippen LogP contribution in [0.1, 0.15) is 30.4 Å². The van der Waals surface area contributed by atoms with Crippen molar-refractivity contribution in [1.29, 1.82) is 5.26 Å². The quantitative estimate of drug-likeness (QED) is 0.733. The average Bonchev–Trinajstić information content (AvgIpc) is 2.90. The van der Waals surface area contributed by atoms with Crippen LogP contribution in [0.15, 0.2) is 36.4 Å². The third-order valence-electron chi connectivity index (χ3n) is 5.57. The largest absolute Gasteiger partial charge is 0.495 e. The molecule has 4 rings (SSSR count). The molecule has 1 aliphatic heterocycles. The van der Waals surface area contributed by atoms with Gasteiger partial charge in [0.2, 0.25) is 0 Å². The number of benzene rings is 2. The van der Waals surface area contributed by atoms with Crippen molar-refractivity contribution in [2.24, 2.45) is 0 Å². The summed E-state index contributed by atoms with van der Waals surface area (Å²) in [6.45, 7) is 1.70. The minimum absolute atomic E-state index is 0.128. The molecule has 0 aromatic heterocycles. The first kappa shape index (κ1) is 18.4. The predicted octanol–water partition coefficient (Wildman–Crippen LogP) is 4.08. The van der Waals surface area contributed by atoms with E-state index >= 15 is 0 Å². The first-order valence-electron chi connectivity index (χ1n) is 8.96. The summed E-state index contributed by atoms with van der Waals surface area (Å²) in [5.74, 6) is -0.0877. The average molecular weight is 395 g/mol. The predicted molar refractivity (Wildman–Crippen MR) is 108 cm³/mol. The number of carbonyl (C=O) groups is 1. The van der Waals surface area contributed by atoms with Gasteiger partial charge >= 0.3 is 0 Å². The van der Waals surface area contributed by atoms with Crippen molar-refractivity contribution < 1.29 is 13.9 Å². The van der Waals surface area contributed by atoms with Gasteiger partial charge in [0.1, 0.15) is 23.2 Å². The lowest BCUT2D eigenvalue weighted by molar-refractivity contribution is -0.123. The van der Waals surface area contributed by atoms with Crippen LogP contribution in [-0.2, 0) is 4.79 Å². The second-order valence-electron chi connectivity index (χ2n) is 7.07. The van der Waals surface area contributed by atoms with Crippen molar-refractivity contribution in [3.05, 3.63) is 53.3 Å². The van der Waals surface area contributed by atoms with E-state index < -0.39 is 5.54 Å². The number of hydrogen-bond acceptors (Lipinski definition) is 4. The Bertz CT molecular complexity index is 1040. The minimum Gasteiger partial charge on any atom is -0.495 e. The standard InChI is InChI=1S/C21H18FN3O2S/c1-13-4-6-16(10-17(13)22)25-20(28)24(19(26)21(25)8-3-9-21)15-7-5-14(12-23)18(11-15)27-2/h4-7,10-11H,3,8-9H2,1-2H3. The van der Waals surface area contributed by atoms with Gasteiger partial charge in [0.05, 0.1) is 18.4 Å². The summed E-state index contributed by atoms with van der Waals surface area (Å²) in [6.07, 6.45) is 2.22. The second-order valence-corrected chi connectivity index (χ2v) is 7.44. The Morgan fingerprint density at radius 1 is 1.21 bits per heavy atom. The summed E-state index contributed by atoms with van der Waals surface area (Å²) < 4.78 is 19.5. The maximum absolute atomic E-state index is 14.2. The maximum atomic E-state index is 14.2. The van der Waals surface area contributed by atoms with E-state index in [9.17, 15) is 14.4 Å². The van der Waals surface area contributed by atoms with E-state index in [2.05, 4.69) is 6.07 Å². The van der Waals surface area contributed by atoms with Gasteiger partial charge < -0.3 is 9.64 Å². The van der Waals surface area contributed by atoms with Gasteiger partial charge in [0, 0.05) is 11.8 Å². The molecule has 2 aromatic carbocycles. The molecule has 0 unspecified atom stereocenters. The minimum atomic E-state index is -0.778. The van der Waals surface area contributed by atoms with Gasteiger partial charge in [-0.15, -0.1) is 0 Å². The summed E-state index contributed by atoms with van der Waals surface area (Å²) >= 11 is 5.67. The van der Waals surface area contributed by atoms with E-state index in [0.29, 0.717) is 46.2 Å². The van der Waals surface area contributed by atoms with Crippen LogP contribution in [-0.4, -0.2) is 23.7 Å². The zero-order valence-electron chi connectivity index (χ0n) is 15.5. The third-order valence-corrected chi connectivity index (χ3v) is 5.94. The van der Waals surface area contributed by atoms with Crippen LogP contribution in [0.5, 0.6) is 5.75 Å². The molecular formula is C21H18FN3O2S. The molecule has 142 valence electrons. The SMILES string of the molecule is COc1cc(N2C(=O)C3(CCC3)N(c3ccc(C)c(F)c3)C2=S)ccc1C#N. The van der Waals surface area contributed by atoms with E-state index in [1.807, 2.05) is 0 Å². The van der Waals surface area contributed by atoms with Gasteiger partial charge in [0.25, 0.3) is 5.91 Å². The Morgan fingerprint density at radius 2 is 1.93 bits per heavy atom. The van der Waals surface area contributed by atoms with Gasteiger partial charge in [-0.1, -0.05) is 6.07 Å². The normalized spacial score (nSPS) is 17.6. The number of thiocarbonyl (C=S) groups is 1.